The van der Waals surface area contributed by atoms with Crippen LogP contribution in [-0.2, 0) is 6.42 Å². The van der Waals surface area contributed by atoms with E-state index in [-0.39, 0.29) is 0 Å². The lowest BCUT2D eigenvalue weighted by Gasteiger charge is -2.12. The average Bonchev–Trinajstić information content (AvgIpc) is 2.19. The highest BCUT2D eigenvalue weighted by molar-refractivity contribution is 5.44. The molecular weight excluding hydrogens is 184 g/mol. The van der Waals surface area contributed by atoms with Crippen LogP contribution in [0.4, 0.5) is 0 Å². The summed E-state index contributed by atoms with van der Waals surface area (Å²) in [5, 5.41) is 0. The molecule has 1 aromatic rings. The largest absolute Gasteiger partial charge is 0.481 e. The Morgan fingerprint density at radius 1 is 1.47 bits per heavy atom. The Kier molecular flexibility index (Phi) is 4.00. The fourth-order valence-electron chi connectivity index (χ4n) is 1.61. The van der Waals surface area contributed by atoms with Crippen molar-refractivity contribution >= 4 is 0 Å². The SMILES string of the molecule is C#CCOc1cc(C)cc(C)c1CC=C. The maximum atomic E-state index is 5.52. The van der Waals surface area contributed by atoms with Crippen molar-refractivity contribution in [1.29, 1.82) is 0 Å². The molecule has 0 saturated carbocycles. The summed E-state index contributed by atoms with van der Waals surface area (Å²) in [5.74, 6) is 3.36. The van der Waals surface area contributed by atoms with Crippen molar-refractivity contribution in [2.45, 2.75) is 20.3 Å². The molecule has 0 N–H and O–H groups in total. The topological polar surface area (TPSA) is 9.23 Å². The van der Waals surface area contributed by atoms with Crippen LogP contribution in [0.25, 0.3) is 0 Å². The van der Waals surface area contributed by atoms with Crippen LogP contribution in [0.1, 0.15) is 16.7 Å². The molecule has 0 aliphatic heterocycles. The molecule has 0 aliphatic rings. The number of terminal acetylenes is 1. The van der Waals surface area contributed by atoms with E-state index in [0.717, 1.165) is 12.2 Å². The molecule has 0 spiro atoms. The fourth-order valence-corrected chi connectivity index (χ4v) is 1.61. The van der Waals surface area contributed by atoms with E-state index in [1.54, 1.807) is 0 Å². The Labute approximate surface area is 91.8 Å². The average molecular weight is 200 g/mol. The normalized spacial score (nSPS) is 9.40. The maximum absolute atomic E-state index is 5.52. The molecule has 0 radical (unpaired) electrons. The van der Waals surface area contributed by atoms with Gasteiger partial charge in [-0.1, -0.05) is 18.1 Å². The number of hydrogen-bond acceptors (Lipinski definition) is 1. The van der Waals surface area contributed by atoms with Crippen molar-refractivity contribution in [2.75, 3.05) is 6.61 Å². The predicted molar refractivity (Wildman–Crippen MR) is 64.1 cm³/mol. The van der Waals surface area contributed by atoms with Crippen molar-refractivity contribution in [2.24, 2.45) is 0 Å². The van der Waals surface area contributed by atoms with E-state index in [9.17, 15) is 0 Å². The summed E-state index contributed by atoms with van der Waals surface area (Å²) in [4.78, 5) is 0. The monoisotopic (exact) mass is 200 g/mol. The third-order valence-electron chi connectivity index (χ3n) is 2.24. The zero-order valence-corrected chi connectivity index (χ0v) is 9.34. The molecule has 0 bridgehead atoms. The van der Waals surface area contributed by atoms with Crippen molar-refractivity contribution in [3.63, 3.8) is 0 Å². The van der Waals surface area contributed by atoms with Gasteiger partial charge in [0.1, 0.15) is 12.4 Å². The van der Waals surface area contributed by atoms with E-state index in [0.29, 0.717) is 6.61 Å². The van der Waals surface area contributed by atoms with E-state index in [1.807, 2.05) is 19.1 Å². The molecule has 0 heterocycles. The molecular formula is C14H16O. The van der Waals surface area contributed by atoms with Crippen molar-refractivity contribution < 1.29 is 4.74 Å². The Hall–Kier alpha value is -1.68. The summed E-state index contributed by atoms with van der Waals surface area (Å²) in [6, 6.07) is 4.16. The van der Waals surface area contributed by atoms with Crippen LogP contribution in [0.5, 0.6) is 5.75 Å². The lowest BCUT2D eigenvalue weighted by Crippen LogP contribution is -2.00. The first-order valence-corrected chi connectivity index (χ1v) is 4.96. The van der Waals surface area contributed by atoms with Gasteiger partial charge in [-0.3, -0.25) is 0 Å². The predicted octanol–water partition coefficient (Wildman–Crippen LogP) is 3.04. The zero-order chi connectivity index (χ0) is 11.3. The summed E-state index contributed by atoms with van der Waals surface area (Å²) >= 11 is 0. The summed E-state index contributed by atoms with van der Waals surface area (Å²) in [5.41, 5.74) is 3.58. The number of ether oxygens (including phenoxy) is 1. The fraction of sp³-hybridized carbons (Fsp3) is 0.286. The van der Waals surface area contributed by atoms with Gasteiger partial charge < -0.3 is 4.74 Å². The molecule has 1 nitrogen and oxygen atoms in total. The van der Waals surface area contributed by atoms with Crippen LogP contribution in [0, 0.1) is 26.2 Å². The third-order valence-corrected chi connectivity index (χ3v) is 2.24. The molecule has 0 unspecified atom stereocenters. The molecule has 0 saturated heterocycles. The minimum Gasteiger partial charge on any atom is -0.481 e. The highest BCUT2D eigenvalue weighted by atomic mass is 16.5. The van der Waals surface area contributed by atoms with Gasteiger partial charge in [-0.15, -0.1) is 13.0 Å². The van der Waals surface area contributed by atoms with Crippen molar-refractivity contribution in [1.82, 2.24) is 0 Å². The van der Waals surface area contributed by atoms with Gasteiger partial charge in [-0.05, 0) is 37.5 Å². The lowest BCUT2D eigenvalue weighted by molar-refractivity contribution is 0.366. The van der Waals surface area contributed by atoms with Crippen molar-refractivity contribution in [3.8, 4) is 18.1 Å². The van der Waals surface area contributed by atoms with Gasteiger partial charge in [0.15, 0.2) is 0 Å². The third kappa shape index (κ3) is 2.89. The Balaban J connectivity index is 3.09. The summed E-state index contributed by atoms with van der Waals surface area (Å²) < 4.78 is 5.52. The van der Waals surface area contributed by atoms with E-state index in [4.69, 9.17) is 11.2 Å². The first kappa shape index (κ1) is 11.4. The Bertz CT molecular complexity index is 397. The number of hydrogen-bond donors (Lipinski definition) is 0. The standard InChI is InChI=1S/C14H16O/c1-5-7-13-12(4)9-11(3)10-14(13)15-8-6-2/h2,5,9-10H,1,7-8H2,3-4H3. The molecule has 0 aliphatic carbocycles. The highest BCUT2D eigenvalue weighted by Crippen LogP contribution is 2.25. The summed E-state index contributed by atoms with van der Waals surface area (Å²) in [6.07, 6.45) is 7.87. The maximum Gasteiger partial charge on any atom is 0.148 e. The van der Waals surface area contributed by atoms with Gasteiger partial charge in [-0.25, -0.2) is 0 Å². The number of benzene rings is 1. The zero-order valence-electron chi connectivity index (χ0n) is 9.34. The first-order chi connectivity index (χ1) is 7.19. The summed E-state index contributed by atoms with van der Waals surface area (Å²) in [6.45, 7) is 8.18. The van der Waals surface area contributed by atoms with E-state index in [1.165, 1.54) is 16.7 Å². The number of allylic oxidation sites excluding steroid dienone is 1. The van der Waals surface area contributed by atoms with Crippen LogP contribution < -0.4 is 4.74 Å². The Morgan fingerprint density at radius 2 is 2.20 bits per heavy atom. The van der Waals surface area contributed by atoms with E-state index in [2.05, 4.69) is 25.5 Å². The van der Waals surface area contributed by atoms with E-state index < -0.39 is 0 Å². The van der Waals surface area contributed by atoms with E-state index >= 15 is 0 Å². The van der Waals surface area contributed by atoms with Crippen LogP contribution in [-0.4, -0.2) is 6.61 Å². The van der Waals surface area contributed by atoms with Gasteiger partial charge in [-0.2, -0.15) is 0 Å². The molecule has 0 atom stereocenters. The minimum absolute atomic E-state index is 0.313. The van der Waals surface area contributed by atoms with Crippen LogP contribution >= 0.6 is 0 Å². The van der Waals surface area contributed by atoms with Crippen LogP contribution in [0.2, 0.25) is 0 Å². The smallest absolute Gasteiger partial charge is 0.148 e. The van der Waals surface area contributed by atoms with Crippen molar-refractivity contribution in [3.05, 3.63) is 41.5 Å². The molecule has 1 heteroatoms. The van der Waals surface area contributed by atoms with Gasteiger partial charge in [0.05, 0.1) is 0 Å². The molecule has 0 aromatic heterocycles. The molecule has 15 heavy (non-hydrogen) atoms. The number of aryl methyl sites for hydroxylation is 2. The van der Waals surface area contributed by atoms with Gasteiger partial charge >= 0.3 is 0 Å². The van der Waals surface area contributed by atoms with Gasteiger partial charge in [0.25, 0.3) is 0 Å². The minimum atomic E-state index is 0.313. The molecule has 1 aromatic carbocycles. The Morgan fingerprint density at radius 3 is 2.80 bits per heavy atom. The lowest BCUT2D eigenvalue weighted by atomic mass is 10.0. The molecule has 1 rings (SSSR count). The molecule has 0 amide bonds. The summed E-state index contributed by atoms with van der Waals surface area (Å²) in [7, 11) is 0. The van der Waals surface area contributed by atoms with Crippen LogP contribution in [0.15, 0.2) is 24.8 Å². The number of rotatable bonds is 4. The second kappa shape index (κ2) is 5.26. The highest BCUT2D eigenvalue weighted by Gasteiger charge is 2.06. The second-order valence-electron chi connectivity index (χ2n) is 3.54. The second-order valence-corrected chi connectivity index (χ2v) is 3.54. The van der Waals surface area contributed by atoms with Gasteiger partial charge in [0, 0.05) is 5.56 Å². The van der Waals surface area contributed by atoms with Crippen LogP contribution in [0.3, 0.4) is 0 Å². The first-order valence-electron chi connectivity index (χ1n) is 4.96. The quantitative estimate of drug-likeness (QED) is 0.536. The molecule has 78 valence electrons. The molecule has 0 fully saturated rings. The van der Waals surface area contributed by atoms with Gasteiger partial charge in [0.2, 0.25) is 0 Å².